The summed E-state index contributed by atoms with van der Waals surface area (Å²) in [6.07, 6.45) is 0. The van der Waals surface area contributed by atoms with Gasteiger partial charge in [-0.1, -0.05) is 164 Å². The summed E-state index contributed by atoms with van der Waals surface area (Å²) in [5, 5.41) is 5.02. The van der Waals surface area contributed by atoms with Gasteiger partial charge in [-0.2, -0.15) is 10.9 Å². The van der Waals surface area contributed by atoms with E-state index in [-0.39, 0.29) is 0 Å². The molecule has 0 spiro atoms. The lowest BCUT2D eigenvalue weighted by molar-refractivity contribution is 1.07. The van der Waals surface area contributed by atoms with Crippen LogP contribution in [0, 0.1) is 0 Å². The molecule has 13 aromatic rings. The van der Waals surface area contributed by atoms with Crippen molar-refractivity contribution in [3.63, 3.8) is 0 Å². The highest BCUT2D eigenvalue weighted by atomic mass is 32.2. The molecule has 334 valence electrons. The van der Waals surface area contributed by atoms with Crippen LogP contribution in [0.2, 0.25) is 0 Å². The van der Waals surface area contributed by atoms with E-state index >= 15 is 0 Å². The number of benzene rings is 11. The molecule has 0 bridgehead atoms. The third kappa shape index (κ3) is 6.07. The summed E-state index contributed by atoms with van der Waals surface area (Å²) >= 11 is 0. The molecule has 4 nitrogen and oxygen atoms in total. The molecular formula is C66H44N4S. The van der Waals surface area contributed by atoms with Gasteiger partial charge >= 0.3 is 0 Å². The van der Waals surface area contributed by atoms with Crippen molar-refractivity contribution in [1.82, 2.24) is 9.13 Å². The Balaban J connectivity index is 0.989. The molecule has 0 fully saturated rings. The van der Waals surface area contributed by atoms with Crippen LogP contribution in [0.15, 0.2) is 276 Å². The molecule has 0 atom stereocenters. The maximum atomic E-state index is 2.54. The number of thiol groups is 1. The summed E-state index contributed by atoms with van der Waals surface area (Å²) in [7, 11) is -1.05. The summed E-state index contributed by atoms with van der Waals surface area (Å²) in [5.74, 6) is 0. The number of aromatic nitrogens is 2. The van der Waals surface area contributed by atoms with Crippen molar-refractivity contribution in [3.05, 3.63) is 261 Å². The van der Waals surface area contributed by atoms with E-state index in [4.69, 9.17) is 0 Å². The number of para-hydroxylation sites is 4. The predicted octanol–water partition coefficient (Wildman–Crippen LogP) is 18.3. The van der Waals surface area contributed by atoms with Gasteiger partial charge in [0.2, 0.25) is 0 Å². The molecule has 0 saturated heterocycles. The lowest BCUT2D eigenvalue weighted by Crippen LogP contribution is -2.24. The summed E-state index contributed by atoms with van der Waals surface area (Å²) in [5.41, 5.74) is 18.9. The first-order valence-electron chi connectivity index (χ1n) is 24.3. The molecule has 0 amide bonds. The van der Waals surface area contributed by atoms with Gasteiger partial charge in [0.25, 0.3) is 0 Å². The molecule has 0 saturated carbocycles. The lowest BCUT2D eigenvalue weighted by Gasteiger charge is -2.46. The minimum atomic E-state index is -1.05. The fraction of sp³-hybridized carbons (Fsp3) is 0. The van der Waals surface area contributed by atoms with Gasteiger partial charge in [-0.25, -0.2) is 0 Å². The van der Waals surface area contributed by atoms with E-state index in [9.17, 15) is 0 Å². The highest BCUT2D eigenvalue weighted by Crippen LogP contribution is 2.71. The third-order valence-electron chi connectivity index (χ3n) is 14.7. The minimum absolute atomic E-state index is 1.05. The molecule has 0 N–H and O–H groups in total. The van der Waals surface area contributed by atoms with Gasteiger partial charge in [-0.05, 0) is 119 Å². The maximum absolute atomic E-state index is 2.54. The second-order valence-electron chi connectivity index (χ2n) is 18.6. The Hall–Kier alpha value is -9.03. The van der Waals surface area contributed by atoms with Gasteiger partial charge in [-0.3, -0.25) is 0 Å². The number of anilines is 6. The second-order valence-corrected chi connectivity index (χ2v) is 20.6. The number of hydrogen-bond donors (Lipinski definition) is 1. The third-order valence-corrected chi connectivity index (χ3v) is 17.3. The van der Waals surface area contributed by atoms with Crippen molar-refractivity contribution in [1.29, 1.82) is 0 Å². The van der Waals surface area contributed by atoms with E-state index in [1.54, 1.807) is 0 Å². The van der Waals surface area contributed by atoms with Crippen LogP contribution in [0.1, 0.15) is 0 Å². The maximum Gasteiger partial charge on any atom is 0.0608 e. The first kappa shape index (κ1) is 39.9. The van der Waals surface area contributed by atoms with Crippen LogP contribution in [-0.4, -0.2) is 9.13 Å². The molecule has 5 heteroatoms. The molecule has 71 heavy (non-hydrogen) atoms. The highest BCUT2D eigenvalue weighted by molar-refractivity contribution is 8.17. The monoisotopic (exact) mass is 924 g/mol. The molecule has 4 heterocycles. The van der Waals surface area contributed by atoms with Crippen molar-refractivity contribution in [2.45, 2.75) is 14.7 Å². The van der Waals surface area contributed by atoms with Crippen LogP contribution in [0.25, 0.3) is 77.2 Å². The van der Waals surface area contributed by atoms with Crippen molar-refractivity contribution < 1.29 is 0 Å². The molecule has 0 aliphatic carbocycles. The normalized spacial score (nSPS) is 13.2. The molecule has 2 aliphatic rings. The van der Waals surface area contributed by atoms with Crippen molar-refractivity contribution >= 4 is 88.6 Å². The van der Waals surface area contributed by atoms with E-state index in [0.29, 0.717) is 0 Å². The summed E-state index contributed by atoms with van der Waals surface area (Å²) < 4.78 is 4.91. The average Bonchev–Trinajstić information content (AvgIpc) is 3.96. The number of rotatable bonds is 6. The summed E-state index contributed by atoms with van der Waals surface area (Å²) in [6, 6.07) is 96.5. The average molecular weight is 925 g/mol. The zero-order chi connectivity index (χ0) is 46.6. The topological polar surface area (TPSA) is 16.3 Å². The van der Waals surface area contributed by atoms with E-state index < -0.39 is 10.9 Å². The first-order valence-corrected chi connectivity index (χ1v) is 25.7. The van der Waals surface area contributed by atoms with E-state index in [1.807, 2.05) is 0 Å². The Morgan fingerprint density at radius 1 is 0.239 bits per heavy atom. The van der Waals surface area contributed by atoms with Crippen LogP contribution in [-0.2, 0) is 0 Å². The quantitative estimate of drug-likeness (QED) is 0.167. The van der Waals surface area contributed by atoms with Crippen LogP contribution >= 0.6 is 10.9 Å². The van der Waals surface area contributed by atoms with Crippen LogP contribution < -0.4 is 9.80 Å². The molecular weight excluding hydrogens is 881 g/mol. The largest absolute Gasteiger partial charge is 0.309 e. The highest BCUT2D eigenvalue weighted by Gasteiger charge is 2.39. The van der Waals surface area contributed by atoms with E-state index in [1.165, 1.54) is 103 Å². The van der Waals surface area contributed by atoms with Crippen LogP contribution in [0.5, 0.6) is 0 Å². The molecule has 0 unspecified atom stereocenters. The Bertz CT molecular complexity index is 3850. The van der Waals surface area contributed by atoms with Crippen molar-refractivity contribution in [2.24, 2.45) is 0 Å². The zero-order valence-corrected chi connectivity index (χ0v) is 39.5. The van der Waals surface area contributed by atoms with E-state index in [2.05, 4.69) is 280 Å². The van der Waals surface area contributed by atoms with Crippen molar-refractivity contribution in [3.8, 4) is 33.6 Å². The van der Waals surface area contributed by atoms with E-state index in [0.717, 1.165) is 22.7 Å². The van der Waals surface area contributed by atoms with Gasteiger partial charge in [0.1, 0.15) is 0 Å². The van der Waals surface area contributed by atoms with Gasteiger partial charge in [0, 0.05) is 59.0 Å². The SMILES string of the molecule is c1ccc(-c2ccc(N3c4cc(-n5c6ccccc6c6ccccc65)ccc4[SH]4c5ccc(-n6c7ccccc7c7ccccc76)cc5N(c5ccc(-c6ccccc6)cc5)c5cccc3c54)cc2)cc1. The standard InChI is InChI=1S/C66H44N4S/c1-3-16-44(17-4-1)46-30-34-48(35-31-46)67-60-28-15-29-61-66(60)71(64-40-38-50(42-62(64)67)69-56-24-11-7-20-52(56)53-21-8-12-25-57(53)69)65-41-39-51(70-58-26-13-9-22-54(58)55-23-10-14-27-59(55)70)43-63(65)68(61)49-36-32-47(33-37-49)45-18-5-2-6-19-45/h1-43,71H. The minimum Gasteiger partial charge on any atom is -0.309 e. The molecule has 2 aliphatic heterocycles. The lowest BCUT2D eigenvalue weighted by atomic mass is 10.0. The first-order chi connectivity index (χ1) is 35.2. The zero-order valence-electron chi connectivity index (χ0n) is 38.6. The Labute approximate surface area is 414 Å². The Kier molecular flexibility index (Phi) is 8.86. The van der Waals surface area contributed by atoms with Gasteiger partial charge < -0.3 is 18.9 Å². The fourth-order valence-corrected chi connectivity index (χ4v) is 14.4. The number of hydrogen-bond acceptors (Lipinski definition) is 2. The van der Waals surface area contributed by atoms with Gasteiger partial charge in [0.05, 0.1) is 44.8 Å². The predicted molar refractivity (Wildman–Crippen MR) is 299 cm³/mol. The second kappa shape index (κ2) is 15.8. The van der Waals surface area contributed by atoms with Gasteiger partial charge in [0.15, 0.2) is 0 Å². The smallest absolute Gasteiger partial charge is 0.0608 e. The Morgan fingerprint density at radius 3 is 0.944 bits per heavy atom. The number of fused-ring (bicyclic) bond motifs is 10. The van der Waals surface area contributed by atoms with Gasteiger partial charge in [-0.15, -0.1) is 0 Å². The van der Waals surface area contributed by atoms with Crippen molar-refractivity contribution in [2.75, 3.05) is 9.80 Å². The van der Waals surface area contributed by atoms with Crippen LogP contribution in [0.3, 0.4) is 0 Å². The molecule has 0 radical (unpaired) electrons. The molecule has 2 aromatic heterocycles. The molecule has 15 rings (SSSR count). The summed E-state index contributed by atoms with van der Waals surface area (Å²) in [6.45, 7) is 0. The van der Waals surface area contributed by atoms with Crippen LogP contribution in [0.4, 0.5) is 34.1 Å². The Morgan fingerprint density at radius 2 is 0.563 bits per heavy atom. The number of nitrogens with zero attached hydrogens (tertiary/aromatic N) is 4. The molecule has 11 aromatic carbocycles. The fourth-order valence-electron chi connectivity index (χ4n) is 11.6. The summed E-state index contributed by atoms with van der Waals surface area (Å²) in [4.78, 5) is 9.10.